The average Bonchev–Trinajstić information content (AvgIpc) is 3.00. The number of hydrogen-bond acceptors (Lipinski definition) is 2. The van der Waals surface area contributed by atoms with E-state index in [1.54, 1.807) is 10.9 Å². The van der Waals surface area contributed by atoms with E-state index in [9.17, 15) is 8.78 Å². The molecule has 1 atom stereocenters. The zero-order chi connectivity index (χ0) is 13.4. The van der Waals surface area contributed by atoms with E-state index in [1.807, 2.05) is 13.1 Å². The van der Waals surface area contributed by atoms with Crippen molar-refractivity contribution in [3.05, 3.63) is 47.7 Å². The molecule has 2 heterocycles. The summed E-state index contributed by atoms with van der Waals surface area (Å²) in [4.78, 5) is 2.09. The predicted octanol–water partition coefficient (Wildman–Crippen LogP) is 3.04. The summed E-state index contributed by atoms with van der Waals surface area (Å²) in [5, 5.41) is 4.14. The molecule has 1 saturated heterocycles. The van der Waals surface area contributed by atoms with Gasteiger partial charge in [-0.2, -0.15) is 5.10 Å². The summed E-state index contributed by atoms with van der Waals surface area (Å²) in [6.07, 6.45) is 3.50. The van der Waals surface area contributed by atoms with E-state index in [0.29, 0.717) is 5.56 Å². The third-order valence-corrected chi connectivity index (χ3v) is 3.66. The van der Waals surface area contributed by atoms with Crippen LogP contribution in [0.2, 0.25) is 0 Å². The van der Waals surface area contributed by atoms with Gasteiger partial charge in [0.15, 0.2) is 0 Å². The molecule has 19 heavy (non-hydrogen) atoms. The van der Waals surface area contributed by atoms with Crippen molar-refractivity contribution in [1.29, 1.82) is 0 Å². The third kappa shape index (κ3) is 2.09. The molecule has 0 amide bonds. The van der Waals surface area contributed by atoms with Crippen LogP contribution >= 0.6 is 0 Å². The van der Waals surface area contributed by atoms with Crippen molar-refractivity contribution in [1.82, 2.24) is 9.78 Å². The quantitative estimate of drug-likeness (QED) is 0.830. The van der Waals surface area contributed by atoms with Crippen LogP contribution in [0.1, 0.15) is 24.4 Å². The van der Waals surface area contributed by atoms with Gasteiger partial charge in [-0.15, -0.1) is 0 Å². The van der Waals surface area contributed by atoms with Crippen LogP contribution < -0.4 is 4.90 Å². The maximum Gasteiger partial charge on any atom is 0.128 e. The van der Waals surface area contributed by atoms with E-state index in [1.165, 1.54) is 12.1 Å². The molecule has 0 saturated carbocycles. The highest BCUT2D eigenvalue weighted by atomic mass is 19.1. The Balaban J connectivity index is 2.00. The van der Waals surface area contributed by atoms with Crippen LogP contribution in [0.4, 0.5) is 14.6 Å². The lowest BCUT2D eigenvalue weighted by Crippen LogP contribution is -2.25. The van der Waals surface area contributed by atoms with Gasteiger partial charge in [-0.1, -0.05) is 0 Å². The van der Waals surface area contributed by atoms with Gasteiger partial charge in [0.2, 0.25) is 0 Å². The summed E-state index contributed by atoms with van der Waals surface area (Å²) < 4.78 is 29.0. The number of aromatic nitrogens is 2. The van der Waals surface area contributed by atoms with Gasteiger partial charge in [0.1, 0.15) is 17.5 Å². The summed E-state index contributed by atoms with van der Waals surface area (Å²) in [6.45, 7) is 0.833. The van der Waals surface area contributed by atoms with Crippen LogP contribution in [0.3, 0.4) is 0 Å². The van der Waals surface area contributed by atoms with Crippen LogP contribution in [0.15, 0.2) is 30.5 Å². The highest BCUT2D eigenvalue weighted by molar-refractivity contribution is 5.44. The number of rotatable bonds is 2. The van der Waals surface area contributed by atoms with Crippen LogP contribution in [0, 0.1) is 11.6 Å². The molecular formula is C14H15F2N3. The minimum Gasteiger partial charge on any atom is -0.350 e. The first-order valence-electron chi connectivity index (χ1n) is 6.36. The Morgan fingerprint density at radius 1 is 1.26 bits per heavy atom. The Bertz CT molecular complexity index is 594. The zero-order valence-corrected chi connectivity index (χ0v) is 10.7. The molecule has 100 valence electrons. The smallest absolute Gasteiger partial charge is 0.128 e. The Labute approximate surface area is 110 Å². The van der Waals surface area contributed by atoms with Gasteiger partial charge in [0.25, 0.3) is 0 Å². The number of benzene rings is 1. The van der Waals surface area contributed by atoms with Crippen LogP contribution in [0.25, 0.3) is 0 Å². The molecule has 0 radical (unpaired) electrons. The van der Waals surface area contributed by atoms with Crippen LogP contribution in [-0.2, 0) is 7.05 Å². The highest BCUT2D eigenvalue weighted by Gasteiger charge is 2.30. The van der Waals surface area contributed by atoms with Crippen molar-refractivity contribution in [3.63, 3.8) is 0 Å². The SMILES string of the molecule is Cn1nccc1N1CCCC1c1cc(F)ccc1F. The first-order chi connectivity index (χ1) is 9.16. The van der Waals surface area contributed by atoms with E-state index in [4.69, 9.17) is 0 Å². The molecule has 0 aliphatic carbocycles. The molecule has 1 unspecified atom stereocenters. The van der Waals surface area contributed by atoms with E-state index >= 15 is 0 Å². The molecular weight excluding hydrogens is 248 g/mol. The fourth-order valence-electron chi connectivity index (χ4n) is 2.78. The number of halogens is 2. The maximum atomic E-state index is 13.9. The topological polar surface area (TPSA) is 21.1 Å². The zero-order valence-electron chi connectivity index (χ0n) is 10.7. The number of anilines is 1. The molecule has 2 aromatic rings. The third-order valence-electron chi connectivity index (χ3n) is 3.66. The molecule has 1 aliphatic heterocycles. The van der Waals surface area contributed by atoms with Gasteiger partial charge < -0.3 is 4.90 Å². The van der Waals surface area contributed by atoms with Crippen LogP contribution in [-0.4, -0.2) is 16.3 Å². The lowest BCUT2D eigenvalue weighted by atomic mass is 10.0. The second kappa shape index (κ2) is 4.64. The number of nitrogens with zero attached hydrogens (tertiary/aromatic N) is 3. The Morgan fingerprint density at radius 3 is 2.84 bits per heavy atom. The van der Waals surface area contributed by atoms with E-state index in [2.05, 4.69) is 10.00 Å². The lowest BCUT2D eigenvalue weighted by molar-refractivity contribution is 0.557. The van der Waals surface area contributed by atoms with Crippen molar-refractivity contribution in [2.45, 2.75) is 18.9 Å². The molecule has 3 nitrogen and oxygen atoms in total. The normalized spacial score (nSPS) is 19.1. The maximum absolute atomic E-state index is 13.9. The van der Waals surface area contributed by atoms with Crippen molar-refractivity contribution >= 4 is 5.82 Å². The summed E-state index contributed by atoms with van der Waals surface area (Å²) in [6, 6.07) is 5.43. The van der Waals surface area contributed by atoms with Gasteiger partial charge in [-0.3, -0.25) is 4.68 Å². The molecule has 1 aromatic carbocycles. The number of aryl methyl sites for hydroxylation is 1. The second-order valence-corrected chi connectivity index (χ2v) is 4.83. The summed E-state index contributed by atoms with van der Waals surface area (Å²) in [5.41, 5.74) is 0.429. The Kier molecular flexibility index (Phi) is 2.97. The van der Waals surface area contributed by atoms with Gasteiger partial charge in [0.05, 0.1) is 12.2 Å². The monoisotopic (exact) mass is 263 g/mol. The minimum atomic E-state index is -0.395. The summed E-state index contributed by atoms with van der Waals surface area (Å²) in [5.74, 6) is 0.194. The predicted molar refractivity (Wildman–Crippen MR) is 68.9 cm³/mol. The van der Waals surface area contributed by atoms with Gasteiger partial charge in [-0.25, -0.2) is 8.78 Å². The molecule has 1 fully saturated rings. The van der Waals surface area contributed by atoms with Crippen molar-refractivity contribution < 1.29 is 8.78 Å². The van der Waals surface area contributed by atoms with Crippen molar-refractivity contribution in [3.8, 4) is 0 Å². The molecule has 1 aliphatic rings. The molecule has 5 heteroatoms. The highest BCUT2D eigenvalue weighted by Crippen LogP contribution is 2.36. The lowest BCUT2D eigenvalue weighted by Gasteiger charge is -2.27. The average molecular weight is 263 g/mol. The summed E-state index contributed by atoms with van der Waals surface area (Å²) >= 11 is 0. The van der Waals surface area contributed by atoms with E-state index < -0.39 is 5.82 Å². The fourth-order valence-corrected chi connectivity index (χ4v) is 2.78. The van der Waals surface area contributed by atoms with Gasteiger partial charge in [0, 0.05) is 25.2 Å². The molecule has 3 rings (SSSR count). The van der Waals surface area contributed by atoms with Crippen molar-refractivity contribution in [2.24, 2.45) is 7.05 Å². The molecule has 0 spiro atoms. The number of hydrogen-bond donors (Lipinski definition) is 0. The molecule has 0 N–H and O–H groups in total. The Morgan fingerprint density at radius 2 is 2.11 bits per heavy atom. The van der Waals surface area contributed by atoms with E-state index in [-0.39, 0.29) is 11.9 Å². The fraction of sp³-hybridized carbons (Fsp3) is 0.357. The van der Waals surface area contributed by atoms with Crippen LogP contribution in [0.5, 0.6) is 0 Å². The van der Waals surface area contributed by atoms with E-state index in [0.717, 1.165) is 31.3 Å². The minimum absolute atomic E-state index is 0.119. The first kappa shape index (κ1) is 12.1. The molecule has 1 aromatic heterocycles. The van der Waals surface area contributed by atoms with Gasteiger partial charge in [-0.05, 0) is 31.0 Å². The molecule has 0 bridgehead atoms. The standard InChI is InChI=1S/C14H15F2N3/c1-18-14(6-7-17-18)19-8-2-3-13(19)11-9-10(15)4-5-12(11)16/h4-7,9,13H,2-3,8H2,1H3. The van der Waals surface area contributed by atoms with Gasteiger partial charge >= 0.3 is 0 Å². The van der Waals surface area contributed by atoms with Crippen molar-refractivity contribution in [2.75, 3.05) is 11.4 Å². The summed E-state index contributed by atoms with van der Waals surface area (Å²) in [7, 11) is 1.85. The largest absolute Gasteiger partial charge is 0.350 e. The second-order valence-electron chi connectivity index (χ2n) is 4.83. The first-order valence-corrected chi connectivity index (χ1v) is 6.36. The Hall–Kier alpha value is -1.91.